The van der Waals surface area contributed by atoms with Crippen LogP contribution >= 0.6 is 0 Å². The van der Waals surface area contributed by atoms with Gasteiger partial charge in [-0.15, -0.1) is 0 Å². The normalized spacial score (nSPS) is 20.1. The van der Waals surface area contributed by atoms with E-state index in [9.17, 15) is 19.2 Å². The van der Waals surface area contributed by atoms with Gasteiger partial charge in [-0.25, -0.2) is 4.79 Å². The second-order valence-corrected chi connectivity index (χ2v) is 9.72. The van der Waals surface area contributed by atoms with Crippen molar-refractivity contribution in [3.63, 3.8) is 0 Å². The number of hydrogen-bond acceptors (Lipinski definition) is 5. The van der Waals surface area contributed by atoms with E-state index in [2.05, 4.69) is 5.32 Å². The van der Waals surface area contributed by atoms with Crippen molar-refractivity contribution in [3.8, 4) is 0 Å². The summed E-state index contributed by atoms with van der Waals surface area (Å²) < 4.78 is 5.49. The van der Waals surface area contributed by atoms with Crippen molar-refractivity contribution in [1.82, 2.24) is 15.1 Å². The van der Waals surface area contributed by atoms with E-state index in [1.807, 2.05) is 74.5 Å². The number of amides is 3. The van der Waals surface area contributed by atoms with Crippen molar-refractivity contribution >= 4 is 23.7 Å². The summed E-state index contributed by atoms with van der Waals surface area (Å²) in [5.41, 5.74) is 1.86. The SMILES string of the molecule is CC(C)[C@H](NC(=O)CN1C(=O)CC1c1ccccc1)C(=O)N1CCC[C@H]1C(=O)OCc1ccccc1. The highest BCUT2D eigenvalue weighted by molar-refractivity contribution is 5.93. The molecule has 36 heavy (non-hydrogen) atoms. The molecule has 2 aromatic carbocycles. The second-order valence-electron chi connectivity index (χ2n) is 9.72. The number of hydrogen-bond donors (Lipinski definition) is 1. The van der Waals surface area contributed by atoms with E-state index < -0.39 is 24.0 Å². The minimum atomic E-state index is -0.799. The van der Waals surface area contributed by atoms with Crippen LogP contribution in [-0.4, -0.2) is 58.7 Å². The van der Waals surface area contributed by atoms with E-state index in [-0.39, 0.29) is 36.9 Å². The van der Waals surface area contributed by atoms with Crippen LogP contribution in [0.2, 0.25) is 0 Å². The smallest absolute Gasteiger partial charge is 0.329 e. The first kappa shape index (κ1) is 25.4. The van der Waals surface area contributed by atoms with Crippen LogP contribution in [0.5, 0.6) is 0 Å². The highest BCUT2D eigenvalue weighted by atomic mass is 16.5. The Hall–Kier alpha value is -3.68. The third-order valence-electron chi connectivity index (χ3n) is 6.84. The van der Waals surface area contributed by atoms with Crippen LogP contribution in [0.1, 0.15) is 50.3 Å². The Morgan fingerprint density at radius 3 is 2.33 bits per heavy atom. The lowest BCUT2D eigenvalue weighted by molar-refractivity contribution is -0.156. The molecule has 190 valence electrons. The van der Waals surface area contributed by atoms with Gasteiger partial charge in [-0.3, -0.25) is 14.4 Å². The Labute approximate surface area is 211 Å². The van der Waals surface area contributed by atoms with Gasteiger partial charge in [0.2, 0.25) is 17.7 Å². The molecule has 2 aliphatic rings. The molecule has 2 saturated heterocycles. The lowest BCUT2D eigenvalue weighted by Gasteiger charge is -2.40. The molecule has 0 radical (unpaired) electrons. The number of esters is 1. The zero-order valence-corrected chi connectivity index (χ0v) is 20.8. The fraction of sp³-hybridized carbons (Fsp3) is 0.429. The van der Waals surface area contributed by atoms with Crippen LogP contribution in [0.3, 0.4) is 0 Å². The average molecular weight is 492 g/mol. The molecule has 3 amide bonds. The number of benzene rings is 2. The zero-order valence-electron chi connectivity index (χ0n) is 20.8. The predicted molar refractivity (Wildman–Crippen MR) is 133 cm³/mol. The largest absolute Gasteiger partial charge is 0.459 e. The lowest BCUT2D eigenvalue weighted by atomic mass is 9.94. The van der Waals surface area contributed by atoms with Crippen LogP contribution in [-0.2, 0) is 30.5 Å². The van der Waals surface area contributed by atoms with Gasteiger partial charge in [-0.2, -0.15) is 0 Å². The third kappa shape index (κ3) is 5.75. The molecule has 2 aliphatic heterocycles. The van der Waals surface area contributed by atoms with Gasteiger partial charge in [0.05, 0.1) is 12.5 Å². The summed E-state index contributed by atoms with van der Waals surface area (Å²) >= 11 is 0. The minimum Gasteiger partial charge on any atom is -0.459 e. The Bertz CT molecular complexity index is 1090. The highest BCUT2D eigenvalue weighted by Gasteiger charge is 2.41. The van der Waals surface area contributed by atoms with Gasteiger partial charge in [0.15, 0.2) is 0 Å². The quantitative estimate of drug-likeness (QED) is 0.430. The molecule has 3 atom stereocenters. The molecule has 1 N–H and O–H groups in total. The van der Waals surface area contributed by atoms with Crippen molar-refractivity contribution in [2.45, 2.75) is 57.8 Å². The van der Waals surface area contributed by atoms with Gasteiger partial charge in [0.1, 0.15) is 25.2 Å². The van der Waals surface area contributed by atoms with Crippen molar-refractivity contribution in [3.05, 3.63) is 71.8 Å². The standard InChI is InChI=1S/C28H33N3O5/c1-19(2)26(29-24(32)17-31-23(16-25(31)33)21-12-7-4-8-13-21)27(34)30-15-9-14-22(30)28(35)36-18-20-10-5-3-6-11-20/h3-8,10-13,19,22-23,26H,9,14-18H2,1-2H3,(H,29,32)/t22-,23?,26-/m0/s1. The second kappa shape index (κ2) is 11.4. The molecule has 0 bridgehead atoms. The summed E-state index contributed by atoms with van der Waals surface area (Å²) in [5, 5.41) is 2.83. The lowest BCUT2D eigenvalue weighted by Crippen LogP contribution is -2.57. The number of carbonyl (C=O) groups excluding carboxylic acids is 4. The number of ether oxygens (including phenoxy) is 1. The van der Waals surface area contributed by atoms with Gasteiger partial charge >= 0.3 is 5.97 Å². The predicted octanol–water partition coefficient (Wildman–Crippen LogP) is 2.84. The molecule has 0 aliphatic carbocycles. The van der Waals surface area contributed by atoms with E-state index >= 15 is 0 Å². The fourth-order valence-corrected chi connectivity index (χ4v) is 4.79. The van der Waals surface area contributed by atoms with Crippen molar-refractivity contribution in [1.29, 1.82) is 0 Å². The van der Waals surface area contributed by atoms with Gasteiger partial charge in [0.25, 0.3) is 0 Å². The molecule has 0 spiro atoms. The number of carbonyl (C=O) groups is 4. The maximum absolute atomic E-state index is 13.5. The maximum Gasteiger partial charge on any atom is 0.329 e. The van der Waals surface area contributed by atoms with Gasteiger partial charge in [0, 0.05) is 6.54 Å². The summed E-state index contributed by atoms with van der Waals surface area (Å²) in [6, 6.07) is 17.4. The molecular formula is C28H33N3O5. The van der Waals surface area contributed by atoms with E-state index in [1.165, 1.54) is 9.80 Å². The van der Waals surface area contributed by atoms with Gasteiger partial charge < -0.3 is 19.9 Å². The summed E-state index contributed by atoms with van der Waals surface area (Å²) in [5.74, 6) is -1.41. The first-order valence-electron chi connectivity index (χ1n) is 12.5. The Morgan fingerprint density at radius 2 is 1.69 bits per heavy atom. The molecule has 8 heteroatoms. The first-order valence-corrected chi connectivity index (χ1v) is 12.5. The van der Waals surface area contributed by atoms with Crippen molar-refractivity contribution < 1.29 is 23.9 Å². The van der Waals surface area contributed by atoms with Crippen LogP contribution in [0, 0.1) is 5.92 Å². The first-order chi connectivity index (χ1) is 17.3. The molecule has 8 nitrogen and oxygen atoms in total. The fourth-order valence-electron chi connectivity index (χ4n) is 4.79. The third-order valence-corrected chi connectivity index (χ3v) is 6.84. The molecule has 0 saturated carbocycles. The van der Waals surface area contributed by atoms with Gasteiger partial charge in [-0.05, 0) is 29.9 Å². The Balaban J connectivity index is 1.36. The van der Waals surface area contributed by atoms with Crippen LogP contribution in [0.15, 0.2) is 60.7 Å². The molecular weight excluding hydrogens is 458 g/mol. The number of β-lactam (4-membered cyclic amide) rings is 1. The van der Waals surface area contributed by atoms with Crippen LogP contribution < -0.4 is 5.32 Å². The summed E-state index contributed by atoms with van der Waals surface area (Å²) in [4.78, 5) is 54.4. The topological polar surface area (TPSA) is 96.0 Å². The minimum absolute atomic E-state index is 0.0906. The zero-order chi connectivity index (χ0) is 25.7. The molecule has 0 aromatic heterocycles. The molecule has 2 heterocycles. The molecule has 2 fully saturated rings. The maximum atomic E-state index is 13.5. The van der Waals surface area contributed by atoms with Crippen LogP contribution in [0.25, 0.3) is 0 Å². The highest BCUT2D eigenvalue weighted by Crippen LogP contribution is 2.33. The number of likely N-dealkylation sites (tertiary alicyclic amines) is 2. The Kier molecular flexibility index (Phi) is 8.03. The van der Waals surface area contributed by atoms with E-state index in [0.717, 1.165) is 11.1 Å². The molecule has 4 rings (SSSR count). The molecule has 2 aromatic rings. The number of rotatable bonds is 9. The van der Waals surface area contributed by atoms with Crippen molar-refractivity contribution in [2.75, 3.05) is 13.1 Å². The summed E-state index contributed by atoms with van der Waals surface area (Å²) in [6.45, 7) is 4.17. The van der Waals surface area contributed by atoms with Crippen LogP contribution in [0.4, 0.5) is 0 Å². The van der Waals surface area contributed by atoms with E-state index in [0.29, 0.717) is 25.8 Å². The monoisotopic (exact) mass is 491 g/mol. The number of nitrogens with one attached hydrogen (secondary N) is 1. The summed E-state index contributed by atoms with van der Waals surface area (Å²) in [7, 11) is 0. The van der Waals surface area contributed by atoms with E-state index in [4.69, 9.17) is 4.74 Å². The Morgan fingerprint density at radius 1 is 1.03 bits per heavy atom. The van der Waals surface area contributed by atoms with Gasteiger partial charge in [-0.1, -0.05) is 74.5 Å². The summed E-state index contributed by atoms with van der Waals surface area (Å²) in [6.07, 6.45) is 1.58. The molecule has 1 unspecified atom stereocenters. The average Bonchev–Trinajstić information content (AvgIpc) is 3.38. The van der Waals surface area contributed by atoms with E-state index in [1.54, 1.807) is 0 Å². The van der Waals surface area contributed by atoms with Crippen molar-refractivity contribution in [2.24, 2.45) is 5.92 Å². The number of nitrogens with zero attached hydrogens (tertiary/aromatic N) is 2.